The number of rotatable bonds is 6. The molecule has 18 heavy (non-hydrogen) atoms. The maximum absolute atomic E-state index is 11.9. The highest BCUT2D eigenvalue weighted by molar-refractivity contribution is 7.89. The predicted molar refractivity (Wildman–Crippen MR) is 65.0 cm³/mol. The molecule has 0 aliphatic heterocycles. The molecule has 0 bridgehead atoms. The molecule has 0 atom stereocenters. The minimum absolute atomic E-state index is 0.0416. The predicted octanol–water partition coefficient (Wildman–Crippen LogP) is 0.354. The fraction of sp³-hybridized carbons (Fsp3) is 0.364. The lowest BCUT2D eigenvalue weighted by atomic mass is 10.1. The summed E-state index contributed by atoms with van der Waals surface area (Å²) in [4.78, 5) is 10.9. The van der Waals surface area contributed by atoms with Crippen molar-refractivity contribution in [3.63, 3.8) is 0 Å². The number of carbonyl (C=O) groups is 1. The van der Waals surface area contributed by atoms with E-state index in [9.17, 15) is 13.2 Å². The molecule has 7 heteroatoms. The molecule has 0 fully saturated rings. The normalized spacial score (nSPS) is 11.4. The van der Waals surface area contributed by atoms with Crippen molar-refractivity contribution in [2.75, 3.05) is 13.2 Å². The summed E-state index contributed by atoms with van der Waals surface area (Å²) < 4.78 is 26.1. The lowest BCUT2D eigenvalue weighted by Gasteiger charge is -2.10. The Hall–Kier alpha value is -1.44. The first-order valence-corrected chi connectivity index (χ1v) is 6.82. The summed E-state index contributed by atoms with van der Waals surface area (Å²) in [5, 5.41) is 17.5. The summed E-state index contributed by atoms with van der Waals surface area (Å²) in [6.07, 6.45) is 0.302. The molecule has 1 rings (SSSR count). The van der Waals surface area contributed by atoms with Crippen LogP contribution >= 0.6 is 0 Å². The zero-order valence-corrected chi connectivity index (χ0v) is 10.7. The summed E-state index contributed by atoms with van der Waals surface area (Å²) in [7, 11) is -3.74. The van der Waals surface area contributed by atoms with Crippen LogP contribution in [0.15, 0.2) is 23.1 Å². The molecule has 0 aliphatic carbocycles. The molecule has 1 aromatic rings. The third kappa shape index (κ3) is 3.28. The van der Waals surface area contributed by atoms with E-state index in [1.807, 2.05) is 0 Å². The zero-order chi connectivity index (χ0) is 13.8. The van der Waals surface area contributed by atoms with Gasteiger partial charge in [-0.15, -0.1) is 0 Å². The van der Waals surface area contributed by atoms with Crippen molar-refractivity contribution in [3.8, 4) is 0 Å². The molecule has 0 saturated heterocycles. The highest BCUT2D eigenvalue weighted by atomic mass is 32.2. The summed E-state index contributed by atoms with van der Waals surface area (Å²) in [6.45, 7) is 1.44. The zero-order valence-electron chi connectivity index (χ0n) is 9.88. The van der Waals surface area contributed by atoms with E-state index < -0.39 is 16.0 Å². The minimum Gasteiger partial charge on any atom is -0.478 e. The average molecular weight is 273 g/mol. The van der Waals surface area contributed by atoms with Gasteiger partial charge in [0.2, 0.25) is 10.0 Å². The van der Waals surface area contributed by atoms with Crippen LogP contribution in [0.25, 0.3) is 0 Å². The lowest BCUT2D eigenvalue weighted by molar-refractivity contribution is 0.0696. The number of nitrogens with one attached hydrogen (secondary N) is 1. The molecule has 0 heterocycles. The van der Waals surface area contributed by atoms with Gasteiger partial charge in [0.05, 0.1) is 10.5 Å². The van der Waals surface area contributed by atoms with Crippen LogP contribution in [-0.2, 0) is 10.0 Å². The number of carboxylic acids is 1. The highest BCUT2D eigenvalue weighted by Gasteiger charge is 2.19. The summed E-state index contributed by atoms with van der Waals surface area (Å²) in [6, 6.07) is 4.09. The van der Waals surface area contributed by atoms with Gasteiger partial charge in [-0.05, 0) is 31.0 Å². The Morgan fingerprint density at radius 3 is 2.61 bits per heavy atom. The van der Waals surface area contributed by atoms with Gasteiger partial charge in [-0.1, -0.05) is 6.07 Å². The molecule has 6 nitrogen and oxygen atoms in total. The maximum atomic E-state index is 11.9. The van der Waals surface area contributed by atoms with Crippen molar-refractivity contribution in [2.24, 2.45) is 0 Å². The van der Waals surface area contributed by atoms with E-state index in [2.05, 4.69) is 4.72 Å². The number of benzene rings is 1. The van der Waals surface area contributed by atoms with Gasteiger partial charge in [0.25, 0.3) is 0 Å². The summed E-state index contributed by atoms with van der Waals surface area (Å²) in [5.74, 6) is -1.17. The SMILES string of the molecule is Cc1c(C(=O)O)cccc1S(=O)(=O)NCCCO. The molecule has 0 aliphatic rings. The van der Waals surface area contributed by atoms with Crippen molar-refractivity contribution in [1.82, 2.24) is 4.72 Å². The van der Waals surface area contributed by atoms with Gasteiger partial charge >= 0.3 is 5.97 Å². The van der Waals surface area contributed by atoms with Gasteiger partial charge in [0.1, 0.15) is 0 Å². The molecule has 0 saturated carbocycles. The molecule has 0 unspecified atom stereocenters. The molecule has 0 radical (unpaired) electrons. The van der Waals surface area contributed by atoms with Crippen molar-refractivity contribution in [1.29, 1.82) is 0 Å². The Balaban J connectivity index is 3.09. The van der Waals surface area contributed by atoms with E-state index >= 15 is 0 Å². The first-order valence-electron chi connectivity index (χ1n) is 5.33. The molecule has 100 valence electrons. The number of aliphatic hydroxyl groups excluding tert-OH is 1. The van der Waals surface area contributed by atoms with Crippen LogP contribution < -0.4 is 4.72 Å². The Morgan fingerprint density at radius 2 is 2.06 bits per heavy atom. The van der Waals surface area contributed by atoms with Crippen LogP contribution in [0, 0.1) is 6.92 Å². The van der Waals surface area contributed by atoms with Crippen molar-refractivity contribution < 1.29 is 23.4 Å². The van der Waals surface area contributed by atoms with Gasteiger partial charge in [0.15, 0.2) is 0 Å². The second-order valence-corrected chi connectivity index (χ2v) is 5.44. The van der Waals surface area contributed by atoms with Crippen molar-refractivity contribution in [2.45, 2.75) is 18.2 Å². The number of hydrogen-bond donors (Lipinski definition) is 3. The minimum atomic E-state index is -3.74. The topological polar surface area (TPSA) is 104 Å². The van der Waals surface area contributed by atoms with Gasteiger partial charge < -0.3 is 10.2 Å². The Kier molecular flexibility index (Phi) is 4.83. The highest BCUT2D eigenvalue weighted by Crippen LogP contribution is 2.18. The summed E-state index contributed by atoms with van der Waals surface area (Å²) in [5.41, 5.74) is 0.154. The smallest absolute Gasteiger partial charge is 0.335 e. The van der Waals surface area contributed by atoms with Gasteiger partial charge in [-0.2, -0.15) is 0 Å². The third-order valence-corrected chi connectivity index (χ3v) is 4.04. The lowest BCUT2D eigenvalue weighted by Crippen LogP contribution is -2.26. The number of sulfonamides is 1. The summed E-state index contributed by atoms with van der Waals surface area (Å²) >= 11 is 0. The molecular formula is C11H15NO5S. The third-order valence-electron chi connectivity index (χ3n) is 2.43. The fourth-order valence-electron chi connectivity index (χ4n) is 1.50. The van der Waals surface area contributed by atoms with E-state index in [1.54, 1.807) is 0 Å². The Bertz CT molecular complexity index is 538. The number of hydrogen-bond acceptors (Lipinski definition) is 4. The second kappa shape index (κ2) is 5.94. The van der Waals surface area contributed by atoms with E-state index in [0.29, 0.717) is 6.42 Å². The second-order valence-electron chi connectivity index (χ2n) is 3.71. The molecule has 0 amide bonds. The van der Waals surface area contributed by atoms with E-state index in [0.717, 1.165) is 0 Å². The number of carboxylic acid groups (broad SMARTS) is 1. The fourth-order valence-corrected chi connectivity index (χ4v) is 2.84. The number of aromatic carboxylic acids is 1. The Morgan fingerprint density at radius 1 is 1.39 bits per heavy atom. The first-order chi connectivity index (χ1) is 8.40. The van der Waals surface area contributed by atoms with E-state index in [4.69, 9.17) is 10.2 Å². The average Bonchev–Trinajstić information content (AvgIpc) is 2.28. The van der Waals surface area contributed by atoms with Crippen LogP contribution in [0.3, 0.4) is 0 Å². The first kappa shape index (κ1) is 14.6. The van der Waals surface area contributed by atoms with E-state index in [-0.39, 0.29) is 29.2 Å². The van der Waals surface area contributed by atoms with Crippen molar-refractivity contribution >= 4 is 16.0 Å². The maximum Gasteiger partial charge on any atom is 0.335 e. The van der Waals surface area contributed by atoms with Crippen LogP contribution in [0.2, 0.25) is 0 Å². The van der Waals surface area contributed by atoms with Crippen LogP contribution in [0.5, 0.6) is 0 Å². The largest absolute Gasteiger partial charge is 0.478 e. The molecule has 0 spiro atoms. The van der Waals surface area contributed by atoms with E-state index in [1.165, 1.54) is 25.1 Å². The standard InChI is InChI=1S/C11H15NO5S/c1-8-9(11(14)15)4-2-5-10(8)18(16,17)12-6-3-7-13/h2,4-5,12-13H,3,6-7H2,1H3,(H,14,15). The molecule has 3 N–H and O–H groups in total. The molecular weight excluding hydrogens is 258 g/mol. The monoisotopic (exact) mass is 273 g/mol. The van der Waals surface area contributed by atoms with Gasteiger partial charge in [0, 0.05) is 13.2 Å². The molecule has 0 aromatic heterocycles. The van der Waals surface area contributed by atoms with Crippen LogP contribution in [0.1, 0.15) is 22.3 Å². The van der Waals surface area contributed by atoms with Gasteiger partial charge in [-0.3, -0.25) is 0 Å². The van der Waals surface area contributed by atoms with Crippen LogP contribution in [0.4, 0.5) is 0 Å². The molecule has 1 aromatic carbocycles. The van der Waals surface area contributed by atoms with Crippen LogP contribution in [-0.4, -0.2) is 37.8 Å². The Labute approximate surface area is 105 Å². The van der Waals surface area contributed by atoms with Crippen molar-refractivity contribution in [3.05, 3.63) is 29.3 Å². The number of aliphatic hydroxyl groups is 1. The quantitative estimate of drug-likeness (QED) is 0.649. The van der Waals surface area contributed by atoms with Gasteiger partial charge in [-0.25, -0.2) is 17.9 Å².